The van der Waals surface area contributed by atoms with Crippen LogP contribution in [0.15, 0.2) is 42.5 Å². The number of pyridine rings is 1. The molecule has 1 fully saturated rings. The number of fused-ring (bicyclic) bond motifs is 1. The second-order valence-corrected chi connectivity index (χ2v) is 10.2. The summed E-state index contributed by atoms with van der Waals surface area (Å²) in [6.45, 7) is 9.21. The fraction of sp³-hybridized carbons (Fsp3) is 0.357. The van der Waals surface area contributed by atoms with E-state index in [2.05, 4.69) is 48.1 Å². The Balaban J connectivity index is 1.50. The van der Waals surface area contributed by atoms with Gasteiger partial charge in [0.2, 0.25) is 5.95 Å². The molecular weight excluding hydrogens is 446 g/mol. The van der Waals surface area contributed by atoms with E-state index in [0.29, 0.717) is 46.8 Å². The van der Waals surface area contributed by atoms with Crippen LogP contribution in [0.4, 0.5) is 14.6 Å². The molecule has 1 unspecified atom stereocenters. The average Bonchev–Trinajstić information content (AvgIpc) is 3.23. The van der Waals surface area contributed by atoms with Gasteiger partial charge in [-0.3, -0.25) is 4.79 Å². The quantitative estimate of drug-likeness (QED) is 0.524. The normalized spacial score (nSPS) is 20.2. The largest absolute Gasteiger partial charge is 0.383 e. The minimum Gasteiger partial charge on any atom is -0.383 e. The average molecular weight is 477 g/mol. The van der Waals surface area contributed by atoms with Crippen LogP contribution in [0.2, 0.25) is 0 Å². The molecule has 2 aliphatic heterocycles. The summed E-state index contributed by atoms with van der Waals surface area (Å²) < 4.78 is 29.7. The Morgan fingerprint density at radius 3 is 2.51 bits per heavy atom. The van der Waals surface area contributed by atoms with Gasteiger partial charge in [-0.15, -0.1) is 0 Å². The Hall–Kier alpha value is -3.32. The van der Waals surface area contributed by atoms with Crippen molar-refractivity contribution in [1.82, 2.24) is 15.2 Å². The van der Waals surface area contributed by atoms with Crippen molar-refractivity contribution >= 4 is 11.7 Å². The van der Waals surface area contributed by atoms with Crippen molar-refractivity contribution in [2.75, 3.05) is 25.4 Å². The van der Waals surface area contributed by atoms with E-state index in [9.17, 15) is 13.6 Å². The first kappa shape index (κ1) is 23.4. The molecule has 0 spiro atoms. The maximum absolute atomic E-state index is 14.9. The van der Waals surface area contributed by atoms with E-state index >= 15 is 0 Å². The molecule has 1 atom stereocenters. The minimum atomic E-state index is -0.671. The molecule has 5 nitrogen and oxygen atoms in total. The molecule has 35 heavy (non-hydrogen) atoms. The predicted octanol–water partition coefficient (Wildman–Crippen LogP) is 4.93. The molecule has 3 aromatic rings. The van der Waals surface area contributed by atoms with E-state index in [0.717, 1.165) is 19.5 Å². The van der Waals surface area contributed by atoms with Gasteiger partial charge in [0, 0.05) is 35.7 Å². The van der Waals surface area contributed by atoms with E-state index in [4.69, 9.17) is 5.73 Å². The Labute approximate surface area is 204 Å². The number of nitrogens with zero attached hydrogens (tertiary/aromatic N) is 2. The van der Waals surface area contributed by atoms with Crippen molar-refractivity contribution in [3.63, 3.8) is 0 Å². The fourth-order valence-corrected chi connectivity index (χ4v) is 5.33. The molecule has 3 N–H and O–H groups in total. The fourth-order valence-electron chi connectivity index (χ4n) is 5.33. The van der Waals surface area contributed by atoms with Crippen LogP contribution in [0.3, 0.4) is 0 Å². The number of aromatic nitrogens is 1. The molecule has 1 aromatic heterocycles. The standard InChI is InChI=1S/C28H30F2N4O/c1-16(2)34-11-9-28(3,15-34)20-6-4-17(5-7-20)21-14-22(26(31)33-25(21)30)19-12-18-8-10-32-27(35)24(18)23(29)13-19/h4-7,12-14,16H,8-11,15H2,1-3H3,(H2,31,33)(H,32,35). The number of halogens is 2. The summed E-state index contributed by atoms with van der Waals surface area (Å²) in [6.07, 6.45) is 1.59. The molecule has 0 radical (unpaired) electrons. The lowest BCUT2D eigenvalue weighted by Crippen LogP contribution is -2.32. The molecule has 0 bridgehead atoms. The minimum absolute atomic E-state index is 0.0188. The van der Waals surface area contributed by atoms with Crippen LogP contribution < -0.4 is 11.1 Å². The summed E-state index contributed by atoms with van der Waals surface area (Å²) in [5, 5.41) is 2.65. The number of rotatable bonds is 4. The van der Waals surface area contributed by atoms with Crippen molar-refractivity contribution < 1.29 is 13.6 Å². The number of nitrogens with one attached hydrogen (secondary N) is 1. The molecule has 0 aliphatic carbocycles. The second-order valence-electron chi connectivity index (χ2n) is 10.2. The summed E-state index contributed by atoms with van der Waals surface area (Å²) in [4.78, 5) is 18.5. The molecule has 0 saturated carbocycles. The van der Waals surface area contributed by atoms with Gasteiger partial charge in [-0.05, 0) is 73.7 Å². The summed E-state index contributed by atoms with van der Waals surface area (Å²) >= 11 is 0. The van der Waals surface area contributed by atoms with Gasteiger partial charge in [-0.2, -0.15) is 4.39 Å². The first-order chi connectivity index (χ1) is 16.7. The highest BCUT2D eigenvalue weighted by molar-refractivity contribution is 5.98. The molecular formula is C28H30F2N4O. The van der Waals surface area contributed by atoms with Crippen molar-refractivity contribution in [1.29, 1.82) is 0 Å². The number of nitrogens with two attached hydrogens (primary N) is 1. The van der Waals surface area contributed by atoms with Crippen molar-refractivity contribution in [2.24, 2.45) is 0 Å². The van der Waals surface area contributed by atoms with Crippen LogP contribution in [0.5, 0.6) is 0 Å². The van der Waals surface area contributed by atoms with E-state index in [-0.39, 0.29) is 16.8 Å². The molecule has 2 aliphatic rings. The summed E-state index contributed by atoms with van der Waals surface area (Å²) in [7, 11) is 0. The number of hydrogen-bond donors (Lipinski definition) is 2. The number of likely N-dealkylation sites (tertiary alicyclic amines) is 1. The first-order valence-corrected chi connectivity index (χ1v) is 12.1. The lowest BCUT2D eigenvalue weighted by Gasteiger charge is -2.27. The van der Waals surface area contributed by atoms with Gasteiger partial charge in [0.15, 0.2) is 0 Å². The van der Waals surface area contributed by atoms with Crippen molar-refractivity contribution in [2.45, 2.75) is 45.1 Å². The number of carbonyl (C=O) groups is 1. The lowest BCUT2D eigenvalue weighted by molar-refractivity contribution is 0.0941. The van der Waals surface area contributed by atoms with Crippen molar-refractivity contribution in [3.8, 4) is 22.3 Å². The summed E-state index contributed by atoms with van der Waals surface area (Å²) in [5.41, 5.74) is 9.90. The highest BCUT2D eigenvalue weighted by Crippen LogP contribution is 2.38. The highest BCUT2D eigenvalue weighted by atomic mass is 19.1. The second kappa shape index (κ2) is 8.72. The van der Waals surface area contributed by atoms with Crippen LogP contribution >= 0.6 is 0 Å². The molecule has 182 valence electrons. The van der Waals surface area contributed by atoms with Gasteiger partial charge in [-0.25, -0.2) is 9.37 Å². The summed E-state index contributed by atoms with van der Waals surface area (Å²) in [6, 6.07) is 13.1. The van der Waals surface area contributed by atoms with E-state index in [1.165, 1.54) is 11.6 Å². The zero-order chi connectivity index (χ0) is 24.9. The van der Waals surface area contributed by atoms with Crippen LogP contribution in [-0.2, 0) is 11.8 Å². The number of benzene rings is 2. The number of amides is 1. The van der Waals surface area contributed by atoms with Crippen LogP contribution in [0, 0.1) is 11.8 Å². The molecule has 5 rings (SSSR count). The molecule has 2 aromatic carbocycles. The monoisotopic (exact) mass is 476 g/mol. The SMILES string of the molecule is CC(C)N1CCC(C)(c2ccc(-c3cc(-c4cc(F)c5c(c4)CCNC5=O)c(N)nc3F)cc2)C1. The number of carbonyl (C=O) groups excluding carboxylic acids is 1. The van der Waals surface area contributed by atoms with Gasteiger partial charge in [0.05, 0.1) is 5.56 Å². The Bertz CT molecular complexity index is 1310. The van der Waals surface area contributed by atoms with Gasteiger partial charge < -0.3 is 16.0 Å². The number of hydrogen-bond acceptors (Lipinski definition) is 4. The van der Waals surface area contributed by atoms with E-state index < -0.39 is 17.7 Å². The molecule has 3 heterocycles. The maximum Gasteiger partial charge on any atom is 0.254 e. The highest BCUT2D eigenvalue weighted by Gasteiger charge is 2.36. The zero-order valence-corrected chi connectivity index (χ0v) is 20.3. The molecule has 1 amide bonds. The zero-order valence-electron chi connectivity index (χ0n) is 20.3. The lowest BCUT2D eigenvalue weighted by atomic mass is 9.81. The van der Waals surface area contributed by atoms with E-state index in [1.54, 1.807) is 12.1 Å². The van der Waals surface area contributed by atoms with Crippen LogP contribution in [0.1, 0.15) is 48.7 Å². The summed E-state index contributed by atoms with van der Waals surface area (Å²) in [5.74, 6) is -1.73. The third-order valence-corrected chi connectivity index (χ3v) is 7.52. The molecule has 7 heteroatoms. The predicted molar refractivity (Wildman–Crippen MR) is 134 cm³/mol. The topological polar surface area (TPSA) is 71.2 Å². The third-order valence-electron chi connectivity index (χ3n) is 7.52. The smallest absolute Gasteiger partial charge is 0.254 e. The van der Waals surface area contributed by atoms with E-state index in [1.807, 2.05) is 12.1 Å². The number of nitrogen functional groups attached to an aromatic ring is 1. The Morgan fingerprint density at radius 1 is 1.09 bits per heavy atom. The van der Waals surface area contributed by atoms with Crippen LogP contribution in [-0.4, -0.2) is 41.5 Å². The van der Waals surface area contributed by atoms with Gasteiger partial charge in [0.25, 0.3) is 5.91 Å². The first-order valence-electron chi connectivity index (χ1n) is 12.1. The van der Waals surface area contributed by atoms with Crippen molar-refractivity contribution in [3.05, 3.63) is 70.9 Å². The van der Waals surface area contributed by atoms with Gasteiger partial charge in [0.1, 0.15) is 11.6 Å². The number of anilines is 1. The third kappa shape index (κ3) is 4.18. The Kier molecular flexibility index (Phi) is 5.83. The molecule has 1 saturated heterocycles. The van der Waals surface area contributed by atoms with Crippen LogP contribution in [0.25, 0.3) is 22.3 Å². The Morgan fingerprint density at radius 2 is 1.83 bits per heavy atom. The van der Waals surface area contributed by atoms with Gasteiger partial charge in [-0.1, -0.05) is 31.2 Å². The van der Waals surface area contributed by atoms with Gasteiger partial charge >= 0.3 is 0 Å². The maximum atomic E-state index is 14.9.